The fraction of sp³-hybridized carbons (Fsp3) is 0.176. The molecule has 0 aliphatic carbocycles. The average Bonchev–Trinajstić information content (AvgIpc) is 3.09. The Morgan fingerprint density at radius 1 is 1.33 bits per heavy atom. The third-order valence-corrected chi connectivity index (χ3v) is 3.45. The lowest BCUT2D eigenvalue weighted by Crippen LogP contribution is -2.08. The summed E-state index contributed by atoms with van der Waals surface area (Å²) in [6, 6.07) is 7.77. The maximum atomic E-state index is 5.06. The van der Waals surface area contributed by atoms with E-state index in [2.05, 4.69) is 32.0 Å². The number of nitrogens with zero attached hydrogens (tertiary/aromatic N) is 5. The Kier molecular flexibility index (Phi) is 4.51. The molecule has 24 heavy (non-hydrogen) atoms. The third-order valence-electron chi connectivity index (χ3n) is 3.45. The predicted molar refractivity (Wildman–Crippen MR) is 93.7 cm³/mol. The summed E-state index contributed by atoms with van der Waals surface area (Å²) in [4.78, 5) is 12.8. The third kappa shape index (κ3) is 3.40. The van der Waals surface area contributed by atoms with Crippen LogP contribution in [0.5, 0.6) is 0 Å². The van der Waals surface area contributed by atoms with Crippen molar-refractivity contribution in [3.63, 3.8) is 0 Å². The molecular weight excluding hydrogens is 304 g/mol. The van der Waals surface area contributed by atoms with Crippen LogP contribution in [0.3, 0.4) is 0 Å². The van der Waals surface area contributed by atoms with Crippen LogP contribution in [0.1, 0.15) is 18.3 Å². The summed E-state index contributed by atoms with van der Waals surface area (Å²) in [7, 11) is 1.56. The van der Waals surface area contributed by atoms with E-state index in [1.807, 2.05) is 30.5 Å². The van der Waals surface area contributed by atoms with Gasteiger partial charge < -0.3 is 10.1 Å². The maximum absolute atomic E-state index is 5.06. The summed E-state index contributed by atoms with van der Waals surface area (Å²) >= 11 is 0. The molecule has 0 amide bonds. The molecule has 0 spiro atoms. The van der Waals surface area contributed by atoms with Crippen molar-refractivity contribution in [2.45, 2.75) is 13.5 Å². The zero-order valence-corrected chi connectivity index (χ0v) is 13.6. The van der Waals surface area contributed by atoms with Gasteiger partial charge in [0, 0.05) is 32.1 Å². The van der Waals surface area contributed by atoms with Crippen LogP contribution in [0.4, 0.5) is 5.82 Å². The first-order valence-corrected chi connectivity index (χ1v) is 7.44. The summed E-state index contributed by atoms with van der Waals surface area (Å²) in [6.45, 7) is 6.31. The topological polar surface area (TPSA) is 76.7 Å². The molecule has 0 radical (unpaired) electrons. The lowest BCUT2D eigenvalue weighted by molar-refractivity contribution is 0.400. The number of hydrogen-bond acceptors (Lipinski definition) is 6. The highest BCUT2D eigenvalue weighted by atomic mass is 16.5. The van der Waals surface area contributed by atoms with Crippen molar-refractivity contribution in [3.8, 4) is 0 Å². The molecule has 3 heterocycles. The van der Waals surface area contributed by atoms with Crippen LogP contribution >= 0.6 is 0 Å². The Balaban J connectivity index is 1.91. The molecule has 7 heteroatoms. The van der Waals surface area contributed by atoms with E-state index in [9.17, 15) is 0 Å². The number of anilines is 1. The SMILES string of the molecule is C=C(N=C(C)OC)c1nc(NCc2ccncc2)c2cccn2n1. The Bertz CT molecular complexity index is 884. The molecule has 0 aromatic carbocycles. The van der Waals surface area contributed by atoms with E-state index in [1.165, 1.54) is 0 Å². The van der Waals surface area contributed by atoms with E-state index in [0.29, 0.717) is 29.8 Å². The van der Waals surface area contributed by atoms with Gasteiger partial charge in [-0.15, -0.1) is 5.10 Å². The highest BCUT2D eigenvalue weighted by Crippen LogP contribution is 2.19. The molecule has 0 aliphatic heterocycles. The van der Waals surface area contributed by atoms with E-state index in [4.69, 9.17) is 4.74 Å². The average molecular weight is 322 g/mol. The predicted octanol–water partition coefficient (Wildman–Crippen LogP) is 2.77. The van der Waals surface area contributed by atoms with E-state index < -0.39 is 0 Å². The molecule has 0 fully saturated rings. The molecule has 0 aliphatic rings. The van der Waals surface area contributed by atoms with E-state index >= 15 is 0 Å². The van der Waals surface area contributed by atoms with Crippen LogP contribution in [0.2, 0.25) is 0 Å². The van der Waals surface area contributed by atoms with Crippen molar-refractivity contribution >= 4 is 22.9 Å². The Morgan fingerprint density at radius 2 is 2.12 bits per heavy atom. The van der Waals surface area contributed by atoms with Crippen LogP contribution in [0.25, 0.3) is 11.2 Å². The monoisotopic (exact) mass is 322 g/mol. The van der Waals surface area contributed by atoms with Crippen LogP contribution in [-0.4, -0.2) is 32.6 Å². The lowest BCUT2D eigenvalue weighted by atomic mass is 10.3. The number of hydrogen-bond donors (Lipinski definition) is 1. The number of rotatable bonds is 5. The Labute approximate surface area is 139 Å². The first kappa shape index (κ1) is 15.7. The van der Waals surface area contributed by atoms with Crippen LogP contribution < -0.4 is 5.32 Å². The van der Waals surface area contributed by atoms with Gasteiger partial charge in [-0.1, -0.05) is 6.58 Å². The van der Waals surface area contributed by atoms with Gasteiger partial charge in [-0.05, 0) is 29.8 Å². The molecule has 3 aromatic heterocycles. The van der Waals surface area contributed by atoms with Crippen LogP contribution in [0.15, 0.2) is 54.4 Å². The number of ether oxygens (including phenoxy) is 1. The zero-order chi connectivity index (χ0) is 16.9. The molecule has 1 N–H and O–H groups in total. The highest BCUT2D eigenvalue weighted by Gasteiger charge is 2.10. The maximum Gasteiger partial charge on any atom is 0.200 e. The minimum Gasteiger partial charge on any atom is -0.484 e. The quantitative estimate of drug-likeness (QED) is 0.577. The Hall–Kier alpha value is -3.22. The molecule has 0 saturated heterocycles. The van der Waals surface area contributed by atoms with E-state index in [0.717, 1.165) is 11.1 Å². The molecular formula is C17H18N6O. The second kappa shape index (κ2) is 6.91. The van der Waals surface area contributed by atoms with Gasteiger partial charge in [0.2, 0.25) is 0 Å². The summed E-state index contributed by atoms with van der Waals surface area (Å²) < 4.78 is 6.81. The summed E-state index contributed by atoms with van der Waals surface area (Å²) in [5.41, 5.74) is 2.44. The zero-order valence-electron chi connectivity index (χ0n) is 13.6. The van der Waals surface area contributed by atoms with Crippen LogP contribution in [-0.2, 0) is 11.3 Å². The second-order valence-corrected chi connectivity index (χ2v) is 5.11. The first-order chi connectivity index (χ1) is 11.7. The summed E-state index contributed by atoms with van der Waals surface area (Å²) in [6.07, 6.45) is 5.39. The number of pyridine rings is 1. The van der Waals surface area contributed by atoms with Crippen molar-refractivity contribution in [1.29, 1.82) is 0 Å². The van der Waals surface area contributed by atoms with Crippen molar-refractivity contribution in [1.82, 2.24) is 19.6 Å². The smallest absolute Gasteiger partial charge is 0.200 e. The molecule has 0 saturated carbocycles. The number of nitrogens with one attached hydrogen (secondary N) is 1. The second-order valence-electron chi connectivity index (χ2n) is 5.11. The summed E-state index contributed by atoms with van der Waals surface area (Å²) in [5, 5.41) is 7.76. The fourth-order valence-corrected chi connectivity index (χ4v) is 2.16. The van der Waals surface area contributed by atoms with Gasteiger partial charge in [0.05, 0.1) is 7.11 Å². The van der Waals surface area contributed by atoms with E-state index in [1.54, 1.807) is 30.9 Å². The van der Waals surface area contributed by atoms with Gasteiger partial charge in [0.25, 0.3) is 0 Å². The molecule has 3 rings (SSSR count). The summed E-state index contributed by atoms with van der Waals surface area (Å²) in [5.74, 6) is 1.66. The fourth-order valence-electron chi connectivity index (χ4n) is 2.16. The Morgan fingerprint density at radius 3 is 2.88 bits per heavy atom. The highest BCUT2D eigenvalue weighted by molar-refractivity contribution is 5.80. The standard InChI is InChI=1S/C17H18N6O/c1-12(20-13(2)24-3)16-21-17(15-5-4-10-23(15)22-16)19-11-14-6-8-18-9-7-14/h4-10H,1,11H2,2-3H3,(H,19,21,22). The van der Waals surface area contributed by atoms with Crippen LogP contribution in [0, 0.1) is 0 Å². The first-order valence-electron chi connectivity index (χ1n) is 7.44. The van der Waals surface area contributed by atoms with Crippen molar-refractivity contribution in [3.05, 3.63) is 60.8 Å². The minimum atomic E-state index is 0.437. The van der Waals surface area contributed by atoms with Crippen molar-refractivity contribution in [2.75, 3.05) is 12.4 Å². The van der Waals surface area contributed by atoms with Gasteiger partial charge in [0.1, 0.15) is 11.2 Å². The molecule has 122 valence electrons. The number of aliphatic imine (C=N–C) groups is 1. The lowest BCUT2D eigenvalue weighted by Gasteiger charge is -2.10. The van der Waals surface area contributed by atoms with Gasteiger partial charge >= 0.3 is 0 Å². The van der Waals surface area contributed by atoms with Crippen molar-refractivity contribution < 1.29 is 4.74 Å². The minimum absolute atomic E-state index is 0.437. The molecule has 0 bridgehead atoms. The molecule has 0 atom stereocenters. The number of methoxy groups -OCH3 is 1. The van der Waals surface area contributed by atoms with Gasteiger partial charge in [-0.25, -0.2) is 14.5 Å². The number of fused-ring (bicyclic) bond motifs is 1. The largest absolute Gasteiger partial charge is 0.484 e. The van der Waals surface area contributed by atoms with E-state index in [-0.39, 0.29) is 0 Å². The molecule has 7 nitrogen and oxygen atoms in total. The van der Waals surface area contributed by atoms with Gasteiger partial charge in [-0.3, -0.25) is 4.98 Å². The van der Waals surface area contributed by atoms with Crippen molar-refractivity contribution in [2.24, 2.45) is 4.99 Å². The molecule has 3 aromatic rings. The van der Waals surface area contributed by atoms with Gasteiger partial charge in [-0.2, -0.15) is 0 Å². The normalized spacial score (nSPS) is 11.5. The number of aromatic nitrogens is 4. The molecule has 0 unspecified atom stereocenters. The van der Waals surface area contributed by atoms with Gasteiger partial charge in [0.15, 0.2) is 17.5 Å².